The summed E-state index contributed by atoms with van der Waals surface area (Å²) in [5.41, 5.74) is 6.04. The van der Waals surface area contributed by atoms with Crippen LogP contribution in [0.1, 0.15) is 44.7 Å². The number of hydrogen-bond donors (Lipinski definition) is 0. The van der Waals surface area contributed by atoms with Crippen LogP contribution in [0, 0.1) is 12.3 Å². The van der Waals surface area contributed by atoms with E-state index < -0.39 is 13.3 Å². The average molecular weight is 399 g/mol. The molecule has 136 valence electrons. The minimum atomic E-state index is -1.93. The van der Waals surface area contributed by atoms with Crippen molar-refractivity contribution < 1.29 is 4.57 Å². The van der Waals surface area contributed by atoms with Crippen molar-refractivity contribution in [1.29, 1.82) is 0 Å². The van der Waals surface area contributed by atoms with Gasteiger partial charge in [0.25, 0.3) is 0 Å². The number of benzene rings is 1. The fourth-order valence-corrected chi connectivity index (χ4v) is 7.18. The molecule has 1 aromatic carbocycles. The van der Waals surface area contributed by atoms with Gasteiger partial charge in [-0.05, 0) is 0 Å². The van der Waals surface area contributed by atoms with Crippen LogP contribution in [0.5, 0.6) is 0 Å². The van der Waals surface area contributed by atoms with Gasteiger partial charge < -0.3 is 0 Å². The fraction of sp³-hybridized carbons (Fsp3) is 0.522. The quantitative estimate of drug-likeness (QED) is 0.453. The Kier molecular flexibility index (Phi) is 6.19. The van der Waals surface area contributed by atoms with Gasteiger partial charge in [0.2, 0.25) is 0 Å². The monoisotopic (exact) mass is 400 g/mol. The summed E-state index contributed by atoms with van der Waals surface area (Å²) >= 11 is -1.93. The molecule has 0 atom stereocenters. The predicted octanol–water partition coefficient (Wildman–Crippen LogP) is 5.40. The number of aromatic nitrogens is 1. The second-order valence-corrected chi connectivity index (χ2v) is 19.5. The molecule has 0 amide bonds. The van der Waals surface area contributed by atoms with Crippen molar-refractivity contribution in [3.05, 3.63) is 47.7 Å². The van der Waals surface area contributed by atoms with E-state index in [1.54, 1.807) is 9.96 Å². The van der Waals surface area contributed by atoms with E-state index in [0.29, 0.717) is 5.41 Å². The van der Waals surface area contributed by atoms with E-state index in [1.165, 1.54) is 36.1 Å². The van der Waals surface area contributed by atoms with Gasteiger partial charge in [0.05, 0.1) is 0 Å². The predicted molar refractivity (Wildman–Crippen MR) is 113 cm³/mol. The van der Waals surface area contributed by atoms with Gasteiger partial charge in [-0.1, -0.05) is 0 Å². The van der Waals surface area contributed by atoms with Crippen molar-refractivity contribution in [3.8, 4) is 11.3 Å². The first-order valence-electron chi connectivity index (χ1n) is 9.70. The van der Waals surface area contributed by atoms with Gasteiger partial charge in [-0.3, -0.25) is 0 Å². The first kappa shape index (κ1) is 20.2. The number of hydrogen-bond acceptors (Lipinski definition) is 0. The van der Waals surface area contributed by atoms with E-state index in [1.807, 2.05) is 0 Å². The molecule has 0 aliphatic rings. The van der Waals surface area contributed by atoms with Crippen molar-refractivity contribution in [2.45, 2.75) is 64.2 Å². The third kappa shape index (κ3) is 4.55. The van der Waals surface area contributed by atoms with E-state index >= 15 is 0 Å². The number of aryl methyl sites for hydroxylation is 2. The van der Waals surface area contributed by atoms with Gasteiger partial charge in [-0.15, -0.1) is 0 Å². The Hall–Kier alpha value is -1.09. The van der Waals surface area contributed by atoms with Crippen LogP contribution in [0.4, 0.5) is 0 Å². The third-order valence-corrected chi connectivity index (χ3v) is 10.2. The van der Waals surface area contributed by atoms with Gasteiger partial charge in [-0.25, -0.2) is 0 Å². The van der Waals surface area contributed by atoms with E-state index in [-0.39, 0.29) is 0 Å². The van der Waals surface area contributed by atoms with Gasteiger partial charge in [0.15, 0.2) is 0 Å². The molecule has 1 nitrogen and oxygen atoms in total. The second-order valence-electron chi connectivity index (χ2n) is 8.97. The van der Waals surface area contributed by atoms with Crippen molar-refractivity contribution in [2.24, 2.45) is 12.5 Å². The zero-order chi connectivity index (χ0) is 18.8. The van der Waals surface area contributed by atoms with E-state index in [2.05, 4.69) is 93.1 Å². The molecule has 0 saturated heterocycles. The molecule has 0 N–H and O–H groups in total. The molecule has 2 rings (SSSR count). The molecule has 1 aromatic heterocycles. The number of nitrogens with zero attached hydrogens (tertiary/aromatic N) is 1. The molecule has 2 heteroatoms. The molecule has 1 heterocycles. The molecule has 0 radical (unpaired) electrons. The van der Waals surface area contributed by atoms with Gasteiger partial charge >= 0.3 is 158 Å². The molecule has 0 aliphatic heterocycles. The Balaban J connectivity index is 2.66. The van der Waals surface area contributed by atoms with Crippen molar-refractivity contribution >= 4 is 17.7 Å². The van der Waals surface area contributed by atoms with Crippen LogP contribution in [-0.4, -0.2) is 13.3 Å². The molecule has 0 unspecified atom stereocenters. The maximum atomic E-state index is 2.52. The third-order valence-electron chi connectivity index (χ3n) is 5.91. The van der Waals surface area contributed by atoms with E-state index in [9.17, 15) is 0 Å². The number of rotatable bonds is 6. The van der Waals surface area contributed by atoms with E-state index in [4.69, 9.17) is 0 Å². The molecule has 0 bridgehead atoms. The van der Waals surface area contributed by atoms with Crippen molar-refractivity contribution in [1.82, 2.24) is 0 Å². The Morgan fingerprint density at radius 3 is 2.16 bits per heavy atom. The summed E-state index contributed by atoms with van der Waals surface area (Å²) in [6, 6.07) is 11.2. The molecule has 0 fully saturated rings. The summed E-state index contributed by atoms with van der Waals surface area (Å²) < 4.78 is 4.01. The van der Waals surface area contributed by atoms with Gasteiger partial charge in [0.1, 0.15) is 0 Å². The summed E-state index contributed by atoms with van der Waals surface area (Å²) in [5.74, 6) is 7.55. The van der Waals surface area contributed by atoms with Crippen LogP contribution in [-0.2, 0) is 13.5 Å². The normalized spacial score (nSPS) is 12.5. The zero-order valence-corrected chi connectivity index (χ0v) is 19.6. The molecule has 0 saturated carbocycles. The first-order valence-corrected chi connectivity index (χ1v) is 17.0. The molecular formula is C23H36GeN+. The summed E-state index contributed by atoms with van der Waals surface area (Å²) in [6.45, 7) is 9.35. The summed E-state index contributed by atoms with van der Waals surface area (Å²) in [7, 11) is 2.21. The topological polar surface area (TPSA) is 3.88 Å². The SMILES string of the molecule is CCC(C)(CC)Cc1cc(-c2ccccc2C)[n+](C)c[c]1[Ge]([CH3])([CH3])[CH3]. The van der Waals surface area contributed by atoms with Crippen LogP contribution in [0.3, 0.4) is 0 Å². The summed E-state index contributed by atoms with van der Waals surface area (Å²) in [5, 5.41) is 0. The van der Waals surface area contributed by atoms with E-state index in [0.717, 1.165) is 0 Å². The fourth-order valence-electron chi connectivity index (χ4n) is 3.60. The molecule has 0 aliphatic carbocycles. The van der Waals surface area contributed by atoms with Gasteiger partial charge in [0, 0.05) is 0 Å². The van der Waals surface area contributed by atoms with Crippen molar-refractivity contribution in [2.75, 3.05) is 0 Å². The zero-order valence-electron chi connectivity index (χ0n) is 17.5. The minimum absolute atomic E-state index is 0.394. The summed E-state index contributed by atoms with van der Waals surface area (Å²) in [6.07, 6.45) is 6.11. The molecule has 25 heavy (non-hydrogen) atoms. The van der Waals surface area contributed by atoms with Crippen molar-refractivity contribution in [3.63, 3.8) is 0 Å². The van der Waals surface area contributed by atoms with Crippen LogP contribution < -0.4 is 8.96 Å². The molecule has 2 aromatic rings. The average Bonchev–Trinajstić information content (AvgIpc) is 2.56. The second kappa shape index (κ2) is 7.65. The summed E-state index contributed by atoms with van der Waals surface area (Å²) in [4.78, 5) is 0. The van der Waals surface area contributed by atoms with Gasteiger partial charge in [-0.2, -0.15) is 0 Å². The Bertz CT molecular complexity index is 736. The first-order chi connectivity index (χ1) is 11.6. The Morgan fingerprint density at radius 2 is 1.64 bits per heavy atom. The Morgan fingerprint density at radius 1 is 1.04 bits per heavy atom. The molecule has 0 spiro atoms. The standard InChI is InChI=1S/C23H36GeN/c1-9-23(4,10-2)16-19-15-22(20-14-12-11-13-18(20)3)25(8)17-21(19)24(5,6)7/h11-15,17H,9-10,16H2,1-8H3/q+1. The molecular weight excluding hydrogens is 363 g/mol. The van der Waals surface area contributed by atoms with Crippen LogP contribution in [0.25, 0.3) is 11.3 Å². The van der Waals surface area contributed by atoms with Crippen LogP contribution in [0.2, 0.25) is 17.3 Å². The van der Waals surface area contributed by atoms with Crippen LogP contribution in [0.15, 0.2) is 36.5 Å². The van der Waals surface area contributed by atoms with Crippen LogP contribution >= 0.6 is 0 Å². The Labute approximate surface area is 157 Å². The number of pyridine rings is 1. The maximum absolute atomic E-state index is 2.52.